The lowest BCUT2D eigenvalue weighted by atomic mass is 10.2. The van der Waals surface area contributed by atoms with Gasteiger partial charge in [0.15, 0.2) is 28.2 Å². The van der Waals surface area contributed by atoms with Gasteiger partial charge in [-0.1, -0.05) is 11.6 Å². The van der Waals surface area contributed by atoms with Crippen LogP contribution in [0.5, 0.6) is 5.75 Å². The molecule has 1 saturated heterocycles. The smallest absolute Gasteiger partial charge is 0.249 e. The fourth-order valence-corrected chi connectivity index (χ4v) is 4.72. The predicted molar refractivity (Wildman–Crippen MR) is 95.2 cm³/mol. The standard InChI is InChI=1S/C17H14ClF5N2O3S/c1-28-11-3-2-9(18)8-10(11)24-4-6-25(7-5-24)29(26,27)17-15(22)13(20)12(19)14(21)16(17)23/h2-3,8H,4-7H2,1H3. The molecule has 0 aliphatic carbocycles. The van der Waals surface area contributed by atoms with Crippen molar-refractivity contribution in [3.05, 3.63) is 52.3 Å². The summed E-state index contributed by atoms with van der Waals surface area (Å²) in [5.41, 5.74) is 0.577. The van der Waals surface area contributed by atoms with Crippen molar-refractivity contribution in [2.24, 2.45) is 0 Å². The third-order valence-electron chi connectivity index (χ3n) is 4.49. The highest BCUT2D eigenvalue weighted by Crippen LogP contribution is 2.33. The minimum absolute atomic E-state index is 0.0747. The molecule has 1 aliphatic heterocycles. The van der Waals surface area contributed by atoms with Gasteiger partial charge in [-0.2, -0.15) is 4.31 Å². The van der Waals surface area contributed by atoms with Gasteiger partial charge >= 0.3 is 0 Å². The van der Waals surface area contributed by atoms with Crippen molar-refractivity contribution in [3.63, 3.8) is 0 Å². The lowest BCUT2D eigenvalue weighted by molar-refractivity contribution is 0.343. The number of ether oxygens (including phenoxy) is 1. The zero-order chi connectivity index (χ0) is 21.5. The minimum atomic E-state index is -4.96. The zero-order valence-electron chi connectivity index (χ0n) is 14.9. The summed E-state index contributed by atoms with van der Waals surface area (Å²) in [5, 5.41) is 0.414. The van der Waals surface area contributed by atoms with Gasteiger partial charge < -0.3 is 9.64 Å². The van der Waals surface area contributed by atoms with Crippen LogP contribution in [0.4, 0.5) is 27.6 Å². The number of nitrogens with zero attached hydrogens (tertiary/aromatic N) is 2. The highest BCUT2D eigenvalue weighted by Gasteiger charge is 2.38. The summed E-state index contributed by atoms with van der Waals surface area (Å²) < 4.78 is 99.1. The van der Waals surface area contributed by atoms with Crippen LogP contribution in [0.1, 0.15) is 0 Å². The summed E-state index contributed by atoms with van der Waals surface area (Å²) in [4.78, 5) is -0.127. The molecule has 0 radical (unpaired) electrons. The Morgan fingerprint density at radius 2 is 1.41 bits per heavy atom. The van der Waals surface area contributed by atoms with E-state index >= 15 is 0 Å². The maximum atomic E-state index is 14.0. The van der Waals surface area contributed by atoms with Gasteiger partial charge in [-0.05, 0) is 18.2 Å². The molecule has 0 aromatic heterocycles. The molecule has 3 rings (SSSR count). The van der Waals surface area contributed by atoms with Gasteiger partial charge in [-0.25, -0.2) is 30.4 Å². The van der Waals surface area contributed by atoms with Crippen LogP contribution in [0.3, 0.4) is 0 Å². The van der Waals surface area contributed by atoms with E-state index in [0.29, 0.717) is 20.8 Å². The topological polar surface area (TPSA) is 49.9 Å². The SMILES string of the molecule is COc1ccc(Cl)cc1N1CCN(S(=O)(=O)c2c(F)c(F)c(F)c(F)c2F)CC1. The fourth-order valence-electron chi connectivity index (χ4n) is 3.02. The van der Waals surface area contributed by atoms with Crippen LogP contribution in [0.15, 0.2) is 23.1 Å². The van der Waals surface area contributed by atoms with Crippen molar-refractivity contribution >= 4 is 27.3 Å². The van der Waals surface area contributed by atoms with E-state index in [1.165, 1.54) is 7.11 Å². The van der Waals surface area contributed by atoms with E-state index in [0.717, 1.165) is 0 Å². The minimum Gasteiger partial charge on any atom is -0.495 e. The molecule has 0 unspecified atom stereocenters. The Bertz CT molecular complexity index is 1030. The van der Waals surface area contributed by atoms with Crippen LogP contribution >= 0.6 is 11.6 Å². The lowest BCUT2D eigenvalue weighted by Gasteiger charge is -2.36. The molecule has 12 heteroatoms. The first-order chi connectivity index (χ1) is 13.6. The Morgan fingerprint density at radius 3 is 1.93 bits per heavy atom. The maximum Gasteiger partial charge on any atom is 0.249 e. The normalized spacial score (nSPS) is 15.6. The Kier molecular flexibility index (Phi) is 5.93. The average molecular weight is 457 g/mol. The van der Waals surface area contributed by atoms with Crippen molar-refractivity contribution < 1.29 is 35.1 Å². The molecule has 2 aromatic carbocycles. The van der Waals surface area contributed by atoms with E-state index in [1.807, 2.05) is 0 Å². The van der Waals surface area contributed by atoms with E-state index in [-0.39, 0.29) is 26.2 Å². The van der Waals surface area contributed by atoms with Crippen LogP contribution < -0.4 is 9.64 Å². The largest absolute Gasteiger partial charge is 0.495 e. The molecule has 0 atom stereocenters. The number of methoxy groups -OCH3 is 1. The van der Waals surface area contributed by atoms with Gasteiger partial charge in [0.1, 0.15) is 5.75 Å². The van der Waals surface area contributed by atoms with Gasteiger partial charge in [-0.15, -0.1) is 0 Å². The molecule has 5 nitrogen and oxygen atoms in total. The summed E-state index contributed by atoms with van der Waals surface area (Å²) in [6, 6.07) is 4.83. The molecular formula is C17H14ClF5N2O3S. The molecule has 0 bridgehead atoms. The molecule has 158 valence electrons. The fraction of sp³-hybridized carbons (Fsp3) is 0.294. The van der Waals surface area contributed by atoms with Crippen molar-refractivity contribution in [3.8, 4) is 5.75 Å². The van der Waals surface area contributed by atoms with Crippen LogP contribution in [-0.4, -0.2) is 46.0 Å². The number of rotatable bonds is 4. The summed E-state index contributed by atoms with van der Waals surface area (Å²) in [5.74, 6) is -11.3. The van der Waals surface area contributed by atoms with E-state index in [2.05, 4.69) is 0 Å². The highest BCUT2D eigenvalue weighted by molar-refractivity contribution is 7.89. The van der Waals surface area contributed by atoms with Crippen LogP contribution in [0, 0.1) is 29.1 Å². The Labute approximate surface area is 168 Å². The molecule has 2 aromatic rings. The predicted octanol–water partition coefficient (Wildman–Crippen LogP) is 3.56. The first kappa shape index (κ1) is 21.6. The molecule has 1 heterocycles. The third-order valence-corrected chi connectivity index (χ3v) is 6.64. The third kappa shape index (κ3) is 3.74. The van der Waals surface area contributed by atoms with Gasteiger partial charge in [0.05, 0.1) is 12.8 Å². The second kappa shape index (κ2) is 7.96. The summed E-state index contributed by atoms with van der Waals surface area (Å²) in [6.45, 7) is -0.356. The van der Waals surface area contributed by atoms with E-state index in [9.17, 15) is 30.4 Å². The van der Waals surface area contributed by atoms with Crippen LogP contribution in [0.2, 0.25) is 5.02 Å². The van der Waals surface area contributed by atoms with Gasteiger partial charge in [-0.3, -0.25) is 0 Å². The monoisotopic (exact) mass is 456 g/mol. The number of halogens is 6. The van der Waals surface area contributed by atoms with E-state index in [1.54, 1.807) is 23.1 Å². The first-order valence-electron chi connectivity index (χ1n) is 8.19. The van der Waals surface area contributed by atoms with Crippen molar-refractivity contribution in [1.29, 1.82) is 0 Å². The number of anilines is 1. The van der Waals surface area contributed by atoms with Crippen LogP contribution in [0.25, 0.3) is 0 Å². The first-order valence-corrected chi connectivity index (χ1v) is 10.0. The maximum absolute atomic E-state index is 14.0. The van der Waals surface area contributed by atoms with E-state index in [4.69, 9.17) is 16.3 Å². The number of hydrogen-bond acceptors (Lipinski definition) is 4. The number of sulfonamides is 1. The highest BCUT2D eigenvalue weighted by atomic mass is 35.5. The molecule has 1 fully saturated rings. The molecular weight excluding hydrogens is 443 g/mol. The van der Waals surface area contributed by atoms with E-state index < -0.39 is 44.0 Å². The number of piperazine rings is 1. The van der Waals surface area contributed by atoms with Gasteiger partial charge in [0.25, 0.3) is 0 Å². The molecule has 1 aliphatic rings. The average Bonchev–Trinajstić information content (AvgIpc) is 2.71. The van der Waals surface area contributed by atoms with Gasteiger partial charge in [0.2, 0.25) is 15.8 Å². The molecule has 0 amide bonds. The van der Waals surface area contributed by atoms with Crippen molar-refractivity contribution in [1.82, 2.24) is 4.31 Å². The van der Waals surface area contributed by atoms with Crippen molar-refractivity contribution in [2.75, 3.05) is 38.2 Å². The summed E-state index contributed by atoms with van der Waals surface area (Å²) in [6.07, 6.45) is 0. The quantitative estimate of drug-likeness (QED) is 0.401. The Balaban J connectivity index is 1.89. The molecule has 0 N–H and O–H groups in total. The van der Waals surface area contributed by atoms with Crippen LogP contribution in [-0.2, 0) is 10.0 Å². The Morgan fingerprint density at radius 1 is 0.897 bits per heavy atom. The van der Waals surface area contributed by atoms with Crippen molar-refractivity contribution in [2.45, 2.75) is 4.90 Å². The molecule has 0 spiro atoms. The van der Waals surface area contributed by atoms with Gasteiger partial charge in [0, 0.05) is 31.2 Å². The second-order valence-electron chi connectivity index (χ2n) is 6.11. The molecule has 29 heavy (non-hydrogen) atoms. The number of hydrogen-bond donors (Lipinski definition) is 0. The zero-order valence-corrected chi connectivity index (χ0v) is 16.4. The lowest BCUT2D eigenvalue weighted by Crippen LogP contribution is -2.49. The summed E-state index contributed by atoms with van der Waals surface area (Å²) >= 11 is 5.98. The Hall–Kier alpha value is -2.11. The summed E-state index contributed by atoms with van der Waals surface area (Å²) in [7, 11) is -3.52. The molecule has 0 saturated carbocycles. The second-order valence-corrected chi connectivity index (χ2v) is 8.42. The number of benzene rings is 2.